The maximum absolute atomic E-state index is 13.1. The summed E-state index contributed by atoms with van der Waals surface area (Å²) >= 11 is 9.30. The SMILES string of the molecule is CC(=O)N[C@H](Cc1ccc(F)cc1)C(=O)N[C@@H](Cc1cc(Cl)ccc1Br)C(=O)O. The molecule has 0 radical (unpaired) electrons. The van der Waals surface area contributed by atoms with E-state index in [-0.39, 0.29) is 12.8 Å². The molecule has 0 saturated heterocycles. The van der Waals surface area contributed by atoms with E-state index in [0.717, 1.165) is 0 Å². The second-order valence-corrected chi connectivity index (χ2v) is 7.71. The number of amides is 2. The van der Waals surface area contributed by atoms with Crippen molar-refractivity contribution in [2.45, 2.75) is 31.8 Å². The van der Waals surface area contributed by atoms with Crippen LogP contribution in [0.5, 0.6) is 0 Å². The summed E-state index contributed by atoms with van der Waals surface area (Å²) in [5, 5.41) is 14.9. The molecule has 3 N–H and O–H groups in total. The third-order valence-electron chi connectivity index (χ3n) is 4.09. The minimum Gasteiger partial charge on any atom is -0.480 e. The van der Waals surface area contributed by atoms with Crippen LogP contribution < -0.4 is 10.6 Å². The molecule has 2 rings (SSSR count). The van der Waals surface area contributed by atoms with Crippen LogP contribution in [0.2, 0.25) is 5.02 Å². The molecular formula is C20H19BrClFN2O4. The molecule has 2 aromatic rings. The van der Waals surface area contributed by atoms with Gasteiger partial charge in [-0.2, -0.15) is 0 Å². The van der Waals surface area contributed by atoms with Crippen LogP contribution in [0, 0.1) is 5.82 Å². The van der Waals surface area contributed by atoms with Crippen LogP contribution in [-0.4, -0.2) is 35.0 Å². The smallest absolute Gasteiger partial charge is 0.326 e. The van der Waals surface area contributed by atoms with Gasteiger partial charge in [0.15, 0.2) is 0 Å². The summed E-state index contributed by atoms with van der Waals surface area (Å²) in [6.07, 6.45) is 0.0739. The summed E-state index contributed by atoms with van der Waals surface area (Å²) < 4.78 is 13.8. The molecule has 2 amide bonds. The normalized spacial score (nSPS) is 12.7. The van der Waals surface area contributed by atoms with Crippen molar-refractivity contribution in [1.82, 2.24) is 10.6 Å². The Morgan fingerprint density at radius 3 is 2.31 bits per heavy atom. The highest BCUT2D eigenvalue weighted by Gasteiger charge is 2.27. The Balaban J connectivity index is 2.16. The van der Waals surface area contributed by atoms with Crippen molar-refractivity contribution in [1.29, 1.82) is 0 Å². The molecule has 0 aliphatic heterocycles. The van der Waals surface area contributed by atoms with Crippen LogP contribution in [0.1, 0.15) is 18.1 Å². The fourth-order valence-electron chi connectivity index (χ4n) is 2.70. The Hall–Kier alpha value is -2.45. The summed E-state index contributed by atoms with van der Waals surface area (Å²) in [6, 6.07) is 8.18. The largest absolute Gasteiger partial charge is 0.480 e. The highest BCUT2D eigenvalue weighted by molar-refractivity contribution is 9.10. The van der Waals surface area contributed by atoms with Crippen LogP contribution in [-0.2, 0) is 27.2 Å². The number of nitrogens with one attached hydrogen (secondary N) is 2. The lowest BCUT2D eigenvalue weighted by atomic mass is 10.0. The lowest BCUT2D eigenvalue weighted by molar-refractivity contribution is -0.142. The molecule has 0 fully saturated rings. The quantitative estimate of drug-likeness (QED) is 0.535. The fraction of sp³-hybridized carbons (Fsp3) is 0.250. The predicted molar refractivity (Wildman–Crippen MR) is 110 cm³/mol. The second-order valence-electron chi connectivity index (χ2n) is 6.42. The summed E-state index contributed by atoms with van der Waals surface area (Å²) in [7, 11) is 0. The topological polar surface area (TPSA) is 95.5 Å². The molecule has 0 heterocycles. The number of carbonyl (C=O) groups excluding carboxylic acids is 2. The molecule has 0 aromatic heterocycles. The number of carboxylic acids is 1. The number of carbonyl (C=O) groups is 3. The van der Waals surface area contributed by atoms with Gasteiger partial charge in [0.05, 0.1) is 0 Å². The van der Waals surface area contributed by atoms with Gasteiger partial charge in [-0.15, -0.1) is 0 Å². The molecule has 0 unspecified atom stereocenters. The van der Waals surface area contributed by atoms with Crippen LogP contribution >= 0.6 is 27.5 Å². The van der Waals surface area contributed by atoms with Gasteiger partial charge in [0.25, 0.3) is 0 Å². The van der Waals surface area contributed by atoms with Gasteiger partial charge < -0.3 is 15.7 Å². The molecule has 2 aromatic carbocycles. The van der Waals surface area contributed by atoms with E-state index in [1.165, 1.54) is 31.2 Å². The molecule has 154 valence electrons. The zero-order chi connectivity index (χ0) is 21.6. The first-order valence-electron chi connectivity index (χ1n) is 8.64. The average Bonchev–Trinajstić information content (AvgIpc) is 2.64. The summed E-state index contributed by atoms with van der Waals surface area (Å²) in [5.74, 6) is -2.76. The second kappa shape index (κ2) is 10.4. The number of halogens is 3. The van der Waals surface area contributed by atoms with Gasteiger partial charge in [-0.05, 0) is 41.5 Å². The zero-order valence-corrected chi connectivity index (χ0v) is 17.8. The molecule has 0 saturated carbocycles. The number of rotatable bonds is 8. The van der Waals surface area contributed by atoms with Crippen molar-refractivity contribution in [3.05, 3.63) is 68.9 Å². The number of carboxylic acid groups (broad SMARTS) is 1. The predicted octanol–water partition coefficient (Wildman–Crippen LogP) is 3.10. The van der Waals surface area contributed by atoms with E-state index in [1.54, 1.807) is 18.2 Å². The highest BCUT2D eigenvalue weighted by Crippen LogP contribution is 2.22. The Labute approximate surface area is 180 Å². The van der Waals surface area contributed by atoms with E-state index in [4.69, 9.17) is 11.6 Å². The maximum Gasteiger partial charge on any atom is 0.326 e. The van der Waals surface area contributed by atoms with Gasteiger partial charge in [0.1, 0.15) is 17.9 Å². The van der Waals surface area contributed by atoms with Gasteiger partial charge in [0.2, 0.25) is 11.8 Å². The van der Waals surface area contributed by atoms with E-state index in [9.17, 15) is 23.9 Å². The van der Waals surface area contributed by atoms with Crippen molar-refractivity contribution in [3.8, 4) is 0 Å². The van der Waals surface area contributed by atoms with Crippen LogP contribution in [0.4, 0.5) is 4.39 Å². The van der Waals surface area contributed by atoms with E-state index in [2.05, 4.69) is 26.6 Å². The van der Waals surface area contributed by atoms with Crippen molar-refractivity contribution in [3.63, 3.8) is 0 Å². The molecule has 0 aliphatic carbocycles. The van der Waals surface area contributed by atoms with Crippen molar-refractivity contribution < 1.29 is 23.9 Å². The summed E-state index contributed by atoms with van der Waals surface area (Å²) in [6.45, 7) is 1.25. The molecule has 0 spiro atoms. The number of hydrogen-bond acceptors (Lipinski definition) is 3. The zero-order valence-electron chi connectivity index (χ0n) is 15.4. The van der Waals surface area contributed by atoms with Crippen LogP contribution in [0.25, 0.3) is 0 Å². The Morgan fingerprint density at radius 2 is 1.72 bits per heavy atom. The van der Waals surface area contributed by atoms with E-state index in [1.807, 2.05) is 0 Å². The van der Waals surface area contributed by atoms with E-state index >= 15 is 0 Å². The Bertz CT molecular complexity index is 908. The summed E-state index contributed by atoms with van der Waals surface area (Å²) in [5.41, 5.74) is 1.23. The molecule has 0 bridgehead atoms. The lowest BCUT2D eigenvalue weighted by Crippen LogP contribution is -2.52. The summed E-state index contributed by atoms with van der Waals surface area (Å²) in [4.78, 5) is 35.9. The van der Waals surface area contributed by atoms with Gasteiger partial charge in [0, 0.05) is 29.3 Å². The highest BCUT2D eigenvalue weighted by atomic mass is 79.9. The van der Waals surface area contributed by atoms with Crippen molar-refractivity contribution in [2.75, 3.05) is 0 Å². The fourth-order valence-corrected chi connectivity index (χ4v) is 3.31. The molecule has 0 aliphatic rings. The molecule has 2 atom stereocenters. The number of hydrogen-bond donors (Lipinski definition) is 3. The molecular weight excluding hydrogens is 467 g/mol. The third-order valence-corrected chi connectivity index (χ3v) is 5.10. The molecule has 9 heteroatoms. The van der Waals surface area contributed by atoms with E-state index in [0.29, 0.717) is 20.6 Å². The standard InChI is InChI=1S/C20H19BrClFN2O4/c1-11(26)24-17(8-12-2-5-15(23)6-3-12)19(27)25-18(20(28)29)10-13-9-14(22)4-7-16(13)21/h2-7,9,17-18H,8,10H2,1H3,(H,24,26)(H,25,27)(H,28,29)/t17-,18+/m1/s1. The lowest BCUT2D eigenvalue weighted by Gasteiger charge is -2.21. The first-order valence-corrected chi connectivity index (χ1v) is 9.81. The van der Waals surface area contributed by atoms with Gasteiger partial charge in [-0.1, -0.05) is 39.7 Å². The minimum atomic E-state index is -1.23. The van der Waals surface area contributed by atoms with Gasteiger partial charge in [-0.3, -0.25) is 9.59 Å². The first kappa shape index (κ1) is 22.8. The number of aliphatic carboxylic acids is 1. The third kappa shape index (κ3) is 7.14. The number of benzene rings is 2. The van der Waals surface area contributed by atoms with Crippen LogP contribution in [0.3, 0.4) is 0 Å². The maximum atomic E-state index is 13.1. The average molecular weight is 486 g/mol. The van der Waals surface area contributed by atoms with Crippen molar-refractivity contribution in [2.24, 2.45) is 0 Å². The first-order chi connectivity index (χ1) is 13.7. The minimum absolute atomic E-state index is 0.00838. The van der Waals surface area contributed by atoms with Gasteiger partial charge >= 0.3 is 5.97 Å². The monoisotopic (exact) mass is 484 g/mol. The molecule has 6 nitrogen and oxygen atoms in total. The van der Waals surface area contributed by atoms with Crippen LogP contribution in [0.15, 0.2) is 46.9 Å². The Kier molecular flexibility index (Phi) is 8.16. The Morgan fingerprint density at radius 1 is 1.07 bits per heavy atom. The van der Waals surface area contributed by atoms with Crippen molar-refractivity contribution >= 4 is 45.3 Å². The molecule has 29 heavy (non-hydrogen) atoms. The van der Waals surface area contributed by atoms with Gasteiger partial charge in [-0.25, -0.2) is 9.18 Å². The van der Waals surface area contributed by atoms with E-state index < -0.39 is 35.7 Å².